The second-order valence-electron chi connectivity index (χ2n) is 4.97. The Bertz CT molecular complexity index is 468. The van der Waals surface area contributed by atoms with E-state index in [-0.39, 0.29) is 18.3 Å². The Hall–Kier alpha value is -0.290. The lowest BCUT2D eigenvalue weighted by atomic mass is 9.94. The van der Waals surface area contributed by atoms with E-state index in [1.165, 1.54) is 6.42 Å². The molecule has 1 amide bonds. The fraction of sp³-hybridized carbons (Fsp3) is 0.500. The number of halogens is 3. The topological polar surface area (TPSA) is 46.3 Å². The molecule has 112 valence electrons. The Morgan fingerprint density at radius 2 is 2.25 bits per heavy atom. The Labute approximate surface area is 139 Å². The van der Waals surface area contributed by atoms with Crippen molar-refractivity contribution in [2.75, 3.05) is 19.6 Å². The van der Waals surface area contributed by atoms with Crippen LogP contribution in [0.5, 0.6) is 0 Å². The molecule has 1 aliphatic heterocycles. The monoisotopic (exact) mass is 380 g/mol. The van der Waals surface area contributed by atoms with Gasteiger partial charge in [-0.05, 0) is 65.9 Å². The van der Waals surface area contributed by atoms with Crippen LogP contribution in [0.1, 0.15) is 29.6 Å². The van der Waals surface area contributed by atoms with E-state index in [1.54, 1.807) is 6.07 Å². The highest BCUT2D eigenvalue weighted by Gasteiger charge is 2.24. The van der Waals surface area contributed by atoms with Crippen molar-refractivity contribution < 1.29 is 4.79 Å². The molecular weight excluding hydrogens is 363 g/mol. The number of nitrogens with two attached hydrogens (primary N) is 1. The first kappa shape index (κ1) is 17.8. The molecule has 1 aromatic rings. The Morgan fingerprint density at radius 1 is 1.50 bits per heavy atom. The zero-order chi connectivity index (χ0) is 13.8. The number of piperidine rings is 1. The SMILES string of the molecule is Cl.NCCC1CCCN(C(=O)c2ccc(Br)c(Cl)c2)C1. The molecule has 1 unspecified atom stereocenters. The number of hydrogen-bond donors (Lipinski definition) is 1. The number of likely N-dealkylation sites (tertiary alicyclic amines) is 1. The summed E-state index contributed by atoms with van der Waals surface area (Å²) in [6.45, 7) is 2.33. The minimum Gasteiger partial charge on any atom is -0.338 e. The van der Waals surface area contributed by atoms with Crippen molar-refractivity contribution in [3.8, 4) is 0 Å². The third-order valence-corrected chi connectivity index (χ3v) is 4.78. The number of carbonyl (C=O) groups is 1. The van der Waals surface area contributed by atoms with Gasteiger partial charge < -0.3 is 10.6 Å². The lowest BCUT2D eigenvalue weighted by Gasteiger charge is -2.32. The third-order valence-electron chi connectivity index (χ3n) is 3.55. The van der Waals surface area contributed by atoms with E-state index in [1.807, 2.05) is 17.0 Å². The van der Waals surface area contributed by atoms with Crippen molar-refractivity contribution in [2.45, 2.75) is 19.3 Å². The minimum atomic E-state index is 0. The summed E-state index contributed by atoms with van der Waals surface area (Å²) in [5.41, 5.74) is 6.26. The van der Waals surface area contributed by atoms with Crippen molar-refractivity contribution in [3.63, 3.8) is 0 Å². The van der Waals surface area contributed by atoms with Crippen molar-refractivity contribution >= 4 is 45.8 Å². The maximum absolute atomic E-state index is 12.4. The van der Waals surface area contributed by atoms with E-state index in [4.69, 9.17) is 17.3 Å². The van der Waals surface area contributed by atoms with Crippen LogP contribution in [-0.2, 0) is 0 Å². The summed E-state index contributed by atoms with van der Waals surface area (Å²) in [4.78, 5) is 14.4. The van der Waals surface area contributed by atoms with Gasteiger partial charge in [-0.15, -0.1) is 12.4 Å². The zero-order valence-electron chi connectivity index (χ0n) is 11.1. The van der Waals surface area contributed by atoms with Gasteiger partial charge in [0, 0.05) is 23.1 Å². The van der Waals surface area contributed by atoms with Gasteiger partial charge in [0.05, 0.1) is 5.02 Å². The molecule has 2 rings (SSSR count). The molecule has 6 heteroatoms. The summed E-state index contributed by atoms with van der Waals surface area (Å²) in [5, 5.41) is 0.571. The minimum absolute atomic E-state index is 0. The van der Waals surface area contributed by atoms with Gasteiger partial charge in [0.1, 0.15) is 0 Å². The van der Waals surface area contributed by atoms with Crippen molar-refractivity contribution in [3.05, 3.63) is 33.3 Å². The molecule has 1 fully saturated rings. The summed E-state index contributed by atoms with van der Waals surface area (Å²) in [6, 6.07) is 5.35. The van der Waals surface area contributed by atoms with Crippen LogP contribution >= 0.6 is 39.9 Å². The van der Waals surface area contributed by atoms with Gasteiger partial charge in [-0.3, -0.25) is 4.79 Å². The van der Waals surface area contributed by atoms with Gasteiger partial charge in [0.25, 0.3) is 5.91 Å². The highest BCUT2D eigenvalue weighted by atomic mass is 79.9. The van der Waals surface area contributed by atoms with Crippen LogP contribution in [0.25, 0.3) is 0 Å². The van der Waals surface area contributed by atoms with Crippen molar-refractivity contribution in [1.29, 1.82) is 0 Å². The number of amides is 1. The van der Waals surface area contributed by atoms with Gasteiger partial charge in [-0.25, -0.2) is 0 Å². The number of rotatable bonds is 3. The molecule has 0 radical (unpaired) electrons. The highest BCUT2D eigenvalue weighted by molar-refractivity contribution is 9.10. The summed E-state index contributed by atoms with van der Waals surface area (Å²) in [7, 11) is 0. The quantitative estimate of drug-likeness (QED) is 0.866. The third kappa shape index (κ3) is 4.35. The van der Waals surface area contributed by atoms with Gasteiger partial charge in [-0.1, -0.05) is 11.6 Å². The largest absolute Gasteiger partial charge is 0.338 e. The average Bonchev–Trinajstić information content (AvgIpc) is 2.42. The van der Waals surface area contributed by atoms with E-state index in [0.29, 0.717) is 23.0 Å². The maximum atomic E-state index is 12.4. The van der Waals surface area contributed by atoms with E-state index in [0.717, 1.165) is 30.4 Å². The Kier molecular flexibility index (Phi) is 7.30. The first-order valence-electron chi connectivity index (χ1n) is 6.56. The van der Waals surface area contributed by atoms with Gasteiger partial charge in [-0.2, -0.15) is 0 Å². The van der Waals surface area contributed by atoms with Crippen LogP contribution < -0.4 is 5.73 Å². The molecule has 0 spiro atoms. The van der Waals surface area contributed by atoms with Crippen molar-refractivity contribution in [2.24, 2.45) is 11.7 Å². The van der Waals surface area contributed by atoms with Crippen molar-refractivity contribution in [1.82, 2.24) is 4.90 Å². The molecule has 3 nitrogen and oxygen atoms in total. The Morgan fingerprint density at radius 3 is 2.90 bits per heavy atom. The number of benzene rings is 1. The molecule has 0 aromatic heterocycles. The summed E-state index contributed by atoms with van der Waals surface area (Å²) in [5.74, 6) is 0.602. The molecule has 1 aromatic carbocycles. The number of carbonyl (C=O) groups excluding carboxylic acids is 1. The van der Waals surface area contributed by atoms with E-state index in [2.05, 4.69) is 15.9 Å². The van der Waals surface area contributed by atoms with Gasteiger partial charge in [0.2, 0.25) is 0 Å². The normalized spacial score (nSPS) is 18.6. The standard InChI is InChI=1S/C14H18BrClN2O.ClH/c15-12-4-3-11(8-13(12)16)14(19)18-7-1-2-10(9-18)5-6-17;/h3-4,8,10H,1-2,5-7,9,17H2;1H. The first-order valence-corrected chi connectivity index (χ1v) is 7.73. The fourth-order valence-corrected chi connectivity index (χ4v) is 2.96. The summed E-state index contributed by atoms with van der Waals surface area (Å²) >= 11 is 9.37. The lowest BCUT2D eigenvalue weighted by molar-refractivity contribution is 0.0669. The first-order chi connectivity index (χ1) is 9.11. The van der Waals surface area contributed by atoms with Crippen LogP contribution in [0.3, 0.4) is 0 Å². The van der Waals surface area contributed by atoms with E-state index in [9.17, 15) is 4.79 Å². The summed E-state index contributed by atoms with van der Waals surface area (Å²) in [6.07, 6.45) is 3.22. The molecule has 0 bridgehead atoms. The molecule has 2 N–H and O–H groups in total. The molecule has 1 aliphatic rings. The van der Waals surface area contributed by atoms with Crippen LogP contribution in [-0.4, -0.2) is 30.4 Å². The molecule has 0 saturated carbocycles. The molecular formula is C14H19BrCl2N2O. The predicted octanol–water partition coefficient (Wildman–Crippen LogP) is 3.73. The molecule has 1 heterocycles. The van der Waals surface area contributed by atoms with Crippen LogP contribution in [0.4, 0.5) is 0 Å². The number of hydrogen-bond acceptors (Lipinski definition) is 2. The van der Waals surface area contributed by atoms with Crippen LogP contribution in [0.15, 0.2) is 22.7 Å². The smallest absolute Gasteiger partial charge is 0.253 e. The van der Waals surface area contributed by atoms with E-state index < -0.39 is 0 Å². The second kappa shape index (κ2) is 8.23. The van der Waals surface area contributed by atoms with Gasteiger partial charge in [0.15, 0.2) is 0 Å². The molecule has 1 atom stereocenters. The lowest BCUT2D eigenvalue weighted by Crippen LogP contribution is -2.40. The molecule has 20 heavy (non-hydrogen) atoms. The highest BCUT2D eigenvalue weighted by Crippen LogP contribution is 2.25. The van der Waals surface area contributed by atoms with Crippen LogP contribution in [0.2, 0.25) is 5.02 Å². The molecule has 0 aliphatic carbocycles. The second-order valence-corrected chi connectivity index (χ2v) is 6.23. The fourth-order valence-electron chi connectivity index (χ4n) is 2.53. The maximum Gasteiger partial charge on any atom is 0.253 e. The van der Waals surface area contributed by atoms with Gasteiger partial charge >= 0.3 is 0 Å². The Balaban J connectivity index is 0.00000200. The average molecular weight is 382 g/mol. The zero-order valence-corrected chi connectivity index (χ0v) is 14.3. The molecule has 1 saturated heterocycles. The van der Waals surface area contributed by atoms with Crippen LogP contribution in [0, 0.1) is 5.92 Å². The summed E-state index contributed by atoms with van der Waals surface area (Å²) < 4.78 is 0.811. The predicted molar refractivity (Wildman–Crippen MR) is 88.7 cm³/mol. The van der Waals surface area contributed by atoms with E-state index >= 15 is 0 Å². The number of nitrogens with zero attached hydrogens (tertiary/aromatic N) is 1.